The lowest BCUT2D eigenvalue weighted by Crippen LogP contribution is -2.54. The maximum Gasteiger partial charge on any atom is 0.317 e. The number of rotatable bonds is 4. The second kappa shape index (κ2) is 8.22. The van der Waals surface area contributed by atoms with E-state index in [-0.39, 0.29) is 16.9 Å². The third kappa shape index (κ3) is 3.70. The molecule has 2 spiro atoms. The molecule has 3 aliphatic rings. The van der Waals surface area contributed by atoms with Crippen LogP contribution in [0.1, 0.15) is 38.7 Å². The van der Waals surface area contributed by atoms with Crippen molar-refractivity contribution >= 4 is 11.9 Å². The van der Waals surface area contributed by atoms with Crippen molar-refractivity contribution in [2.45, 2.75) is 39.7 Å². The van der Waals surface area contributed by atoms with Gasteiger partial charge >= 0.3 is 6.03 Å². The van der Waals surface area contributed by atoms with Crippen LogP contribution in [0.3, 0.4) is 0 Å². The van der Waals surface area contributed by atoms with Gasteiger partial charge in [-0.3, -0.25) is 4.79 Å². The summed E-state index contributed by atoms with van der Waals surface area (Å²) >= 11 is 0. The highest BCUT2D eigenvalue weighted by atomic mass is 16.2. The van der Waals surface area contributed by atoms with Gasteiger partial charge in [-0.15, -0.1) is 0 Å². The SMILES string of the molecule is CC(C)CN1CC2(CCN(C(=O)NCc3ccccc3)CC2)C2(CCN(C)C2=O)C1. The molecule has 3 saturated heterocycles. The van der Waals surface area contributed by atoms with E-state index >= 15 is 0 Å². The number of piperidine rings is 1. The van der Waals surface area contributed by atoms with Gasteiger partial charge in [0.05, 0.1) is 5.41 Å². The van der Waals surface area contributed by atoms with Gasteiger partial charge < -0.3 is 20.0 Å². The van der Waals surface area contributed by atoms with Crippen LogP contribution in [0, 0.1) is 16.7 Å². The van der Waals surface area contributed by atoms with Crippen LogP contribution in [-0.2, 0) is 11.3 Å². The summed E-state index contributed by atoms with van der Waals surface area (Å²) in [5.74, 6) is 0.922. The number of nitrogens with zero attached hydrogens (tertiary/aromatic N) is 3. The van der Waals surface area contributed by atoms with Crippen LogP contribution in [0.25, 0.3) is 0 Å². The highest BCUT2D eigenvalue weighted by Gasteiger charge is 2.64. The van der Waals surface area contributed by atoms with E-state index in [1.165, 1.54) is 0 Å². The third-order valence-corrected chi connectivity index (χ3v) is 7.58. The normalized spacial score (nSPS) is 26.3. The summed E-state index contributed by atoms with van der Waals surface area (Å²) in [4.78, 5) is 32.4. The van der Waals surface area contributed by atoms with E-state index in [0.29, 0.717) is 18.4 Å². The first-order valence-corrected chi connectivity index (χ1v) is 11.4. The number of benzene rings is 1. The molecule has 1 unspecified atom stereocenters. The van der Waals surface area contributed by atoms with Crippen LogP contribution in [0.15, 0.2) is 30.3 Å². The Labute approximate surface area is 180 Å². The summed E-state index contributed by atoms with van der Waals surface area (Å²) in [6.45, 7) is 10.3. The number of likely N-dealkylation sites (tertiary alicyclic amines) is 3. The smallest absolute Gasteiger partial charge is 0.317 e. The third-order valence-electron chi connectivity index (χ3n) is 7.58. The lowest BCUT2D eigenvalue weighted by atomic mass is 9.60. The quantitative estimate of drug-likeness (QED) is 0.827. The fourth-order valence-corrected chi connectivity index (χ4v) is 6.06. The van der Waals surface area contributed by atoms with E-state index in [1.807, 2.05) is 47.2 Å². The maximum absolute atomic E-state index is 13.3. The molecule has 1 atom stereocenters. The van der Waals surface area contributed by atoms with Crippen LogP contribution in [0.2, 0.25) is 0 Å². The first-order chi connectivity index (χ1) is 14.4. The first kappa shape index (κ1) is 21.2. The molecular weight excluding hydrogens is 376 g/mol. The molecule has 3 amide bonds. The van der Waals surface area contributed by atoms with Gasteiger partial charge in [0.2, 0.25) is 5.91 Å². The number of fused-ring (bicyclic) bond motifs is 1. The van der Waals surface area contributed by atoms with E-state index in [0.717, 1.165) is 64.1 Å². The average Bonchev–Trinajstić information content (AvgIpc) is 3.19. The summed E-state index contributed by atoms with van der Waals surface area (Å²) < 4.78 is 0. The summed E-state index contributed by atoms with van der Waals surface area (Å²) in [5.41, 5.74) is 0.849. The fraction of sp³-hybridized carbons (Fsp3) is 0.667. The minimum Gasteiger partial charge on any atom is -0.345 e. The topological polar surface area (TPSA) is 55.9 Å². The van der Waals surface area contributed by atoms with E-state index in [4.69, 9.17) is 0 Å². The van der Waals surface area contributed by atoms with Crippen molar-refractivity contribution in [3.63, 3.8) is 0 Å². The van der Waals surface area contributed by atoms with Crippen molar-refractivity contribution in [3.8, 4) is 0 Å². The number of carbonyl (C=O) groups is 2. The van der Waals surface area contributed by atoms with Crippen molar-refractivity contribution in [1.82, 2.24) is 20.0 Å². The van der Waals surface area contributed by atoms with Gasteiger partial charge in [-0.2, -0.15) is 0 Å². The first-order valence-electron chi connectivity index (χ1n) is 11.4. The highest BCUT2D eigenvalue weighted by Crippen LogP contribution is 2.57. The maximum atomic E-state index is 13.3. The number of hydrogen-bond acceptors (Lipinski definition) is 3. The molecule has 6 heteroatoms. The summed E-state index contributed by atoms with van der Waals surface area (Å²) in [6, 6.07) is 10.0. The van der Waals surface area contributed by atoms with Crippen LogP contribution < -0.4 is 5.32 Å². The van der Waals surface area contributed by atoms with Gasteiger partial charge in [0, 0.05) is 58.3 Å². The molecular formula is C24H36N4O2. The molecule has 1 aromatic rings. The van der Waals surface area contributed by atoms with E-state index in [1.54, 1.807) is 0 Å². The molecule has 0 aromatic heterocycles. The summed E-state index contributed by atoms with van der Waals surface area (Å²) in [5, 5.41) is 3.06. The number of amides is 3. The molecule has 0 radical (unpaired) electrons. The Morgan fingerprint density at radius 3 is 2.37 bits per heavy atom. The predicted octanol–water partition coefficient (Wildman–Crippen LogP) is 2.80. The van der Waals surface area contributed by atoms with Crippen LogP contribution in [0.4, 0.5) is 4.79 Å². The van der Waals surface area contributed by atoms with Crippen molar-refractivity contribution in [2.75, 3.05) is 46.3 Å². The Bertz CT molecular complexity index is 773. The van der Waals surface area contributed by atoms with Gasteiger partial charge in [-0.05, 0) is 30.7 Å². The van der Waals surface area contributed by atoms with Gasteiger partial charge in [0.1, 0.15) is 0 Å². The molecule has 30 heavy (non-hydrogen) atoms. The second-order valence-corrected chi connectivity index (χ2v) is 10.0. The summed E-state index contributed by atoms with van der Waals surface area (Å²) in [6.07, 6.45) is 2.79. The number of urea groups is 1. The predicted molar refractivity (Wildman–Crippen MR) is 118 cm³/mol. The largest absolute Gasteiger partial charge is 0.345 e. The molecule has 1 aromatic carbocycles. The fourth-order valence-electron chi connectivity index (χ4n) is 6.06. The molecule has 0 aliphatic carbocycles. The lowest BCUT2D eigenvalue weighted by molar-refractivity contribution is -0.141. The highest BCUT2D eigenvalue weighted by molar-refractivity contribution is 5.86. The minimum absolute atomic E-state index is 0.0000562. The van der Waals surface area contributed by atoms with Gasteiger partial charge in [0.15, 0.2) is 0 Å². The van der Waals surface area contributed by atoms with Crippen molar-refractivity contribution in [3.05, 3.63) is 35.9 Å². The van der Waals surface area contributed by atoms with Crippen LogP contribution >= 0.6 is 0 Å². The number of hydrogen-bond donors (Lipinski definition) is 1. The molecule has 3 heterocycles. The van der Waals surface area contributed by atoms with Gasteiger partial charge in [0.25, 0.3) is 0 Å². The van der Waals surface area contributed by atoms with Crippen molar-refractivity contribution < 1.29 is 9.59 Å². The lowest BCUT2D eigenvalue weighted by Gasteiger charge is -2.46. The monoisotopic (exact) mass is 412 g/mol. The van der Waals surface area contributed by atoms with Gasteiger partial charge in [-0.25, -0.2) is 4.79 Å². The Morgan fingerprint density at radius 2 is 1.77 bits per heavy atom. The van der Waals surface area contributed by atoms with E-state index in [9.17, 15) is 9.59 Å². The zero-order chi connectivity index (χ0) is 21.4. The molecule has 3 aliphatic heterocycles. The zero-order valence-corrected chi connectivity index (χ0v) is 18.7. The number of carbonyl (C=O) groups excluding carboxylic acids is 2. The second-order valence-electron chi connectivity index (χ2n) is 10.0. The molecule has 3 fully saturated rings. The van der Waals surface area contributed by atoms with Crippen LogP contribution in [0.5, 0.6) is 0 Å². The Hall–Kier alpha value is -2.08. The Morgan fingerprint density at radius 1 is 1.07 bits per heavy atom. The average molecular weight is 413 g/mol. The van der Waals surface area contributed by atoms with E-state index in [2.05, 4.69) is 24.1 Å². The zero-order valence-electron chi connectivity index (χ0n) is 18.7. The molecule has 4 rings (SSSR count). The molecule has 1 N–H and O–H groups in total. The van der Waals surface area contributed by atoms with Crippen molar-refractivity contribution in [1.29, 1.82) is 0 Å². The molecule has 164 valence electrons. The minimum atomic E-state index is -0.261. The van der Waals surface area contributed by atoms with E-state index < -0.39 is 0 Å². The molecule has 6 nitrogen and oxygen atoms in total. The Balaban J connectivity index is 1.43. The number of nitrogens with one attached hydrogen (secondary N) is 1. The molecule has 0 bridgehead atoms. The van der Waals surface area contributed by atoms with Gasteiger partial charge in [-0.1, -0.05) is 44.2 Å². The Kier molecular flexibility index (Phi) is 5.80. The van der Waals surface area contributed by atoms with Crippen molar-refractivity contribution in [2.24, 2.45) is 16.7 Å². The summed E-state index contributed by atoms with van der Waals surface area (Å²) in [7, 11) is 1.95. The van der Waals surface area contributed by atoms with Crippen LogP contribution in [-0.4, -0.2) is 73.0 Å². The molecule has 0 saturated carbocycles. The standard InChI is InChI=1S/C24H36N4O2/c1-19(2)16-27-17-23(24(18-27)11-12-26(3)21(24)29)9-13-28(14-10-23)22(30)25-15-20-7-5-4-6-8-20/h4-8,19H,9-18H2,1-3H3,(H,25,30).